The number of hydrogen-bond donors (Lipinski definition) is 1. The summed E-state index contributed by atoms with van der Waals surface area (Å²) in [4.78, 5) is 20.4. The van der Waals surface area contributed by atoms with Gasteiger partial charge in [-0.05, 0) is 31.1 Å². The van der Waals surface area contributed by atoms with Gasteiger partial charge in [-0.2, -0.15) is 0 Å². The summed E-state index contributed by atoms with van der Waals surface area (Å²) in [7, 11) is 0. The van der Waals surface area contributed by atoms with Crippen LogP contribution in [0.5, 0.6) is 0 Å². The Kier molecular flexibility index (Phi) is 5.58. The van der Waals surface area contributed by atoms with E-state index in [2.05, 4.69) is 59.3 Å². The highest BCUT2D eigenvalue weighted by molar-refractivity contribution is 5.97. The van der Waals surface area contributed by atoms with Crippen LogP contribution in [0.4, 0.5) is 0 Å². The van der Waals surface area contributed by atoms with Crippen molar-refractivity contribution in [3.05, 3.63) is 77.5 Å². The second kappa shape index (κ2) is 8.44. The van der Waals surface area contributed by atoms with E-state index in [0.717, 1.165) is 61.3 Å². The maximum Gasteiger partial charge on any atom is 0.246 e. The van der Waals surface area contributed by atoms with E-state index in [1.54, 1.807) is 6.08 Å². The zero-order chi connectivity index (χ0) is 19.3. The van der Waals surface area contributed by atoms with Gasteiger partial charge in [0.25, 0.3) is 0 Å². The number of rotatable bonds is 5. The second-order valence-corrected chi connectivity index (χ2v) is 7.45. The van der Waals surface area contributed by atoms with E-state index in [1.165, 1.54) is 5.56 Å². The van der Waals surface area contributed by atoms with Gasteiger partial charge in [-0.25, -0.2) is 0 Å². The Morgan fingerprint density at radius 1 is 1.00 bits per heavy atom. The predicted molar refractivity (Wildman–Crippen MR) is 115 cm³/mol. The van der Waals surface area contributed by atoms with Crippen LogP contribution in [0.15, 0.2) is 60.7 Å². The van der Waals surface area contributed by atoms with Gasteiger partial charge in [0.05, 0.1) is 0 Å². The maximum atomic E-state index is 12.6. The van der Waals surface area contributed by atoms with Gasteiger partial charge in [0.2, 0.25) is 5.91 Å². The Hall–Kier alpha value is -2.85. The lowest BCUT2D eigenvalue weighted by Gasteiger charge is -2.34. The van der Waals surface area contributed by atoms with Crippen molar-refractivity contribution in [3.63, 3.8) is 0 Å². The Morgan fingerprint density at radius 2 is 1.71 bits per heavy atom. The largest absolute Gasteiger partial charge is 0.358 e. The molecule has 0 spiro atoms. The molecule has 28 heavy (non-hydrogen) atoms. The molecule has 3 aromatic rings. The van der Waals surface area contributed by atoms with Crippen LogP contribution in [0.1, 0.15) is 16.8 Å². The van der Waals surface area contributed by atoms with Crippen molar-refractivity contribution in [1.82, 2.24) is 14.8 Å². The highest BCUT2D eigenvalue weighted by atomic mass is 16.2. The van der Waals surface area contributed by atoms with Gasteiger partial charge in [-0.3, -0.25) is 9.69 Å². The number of piperazine rings is 1. The molecule has 1 aliphatic rings. The lowest BCUT2D eigenvalue weighted by molar-refractivity contribution is -0.127. The number of aryl methyl sites for hydroxylation is 1. The van der Waals surface area contributed by atoms with Crippen LogP contribution in [-0.2, 0) is 11.2 Å². The number of benzene rings is 2. The fourth-order valence-corrected chi connectivity index (χ4v) is 3.90. The number of carbonyl (C=O) groups is 1. The maximum absolute atomic E-state index is 12.6. The highest BCUT2D eigenvalue weighted by Gasteiger charge is 2.19. The van der Waals surface area contributed by atoms with E-state index in [-0.39, 0.29) is 5.91 Å². The lowest BCUT2D eigenvalue weighted by Crippen LogP contribution is -2.48. The first kappa shape index (κ1) is 18.5. The third-order valence-electron chi connectivity index (χ3n) is 5.58. The van der Waals surface area contributed by atoms with Crippen LogP contribution in [0.3, 0.4) is 0 Å². The second-order valence-electron chi connectivity index (χ2n) is 7.45. The summed E-state index contributed by atoms with van der Waals surface area (Å²) in [6.07, 6.45) is 4.75. The minimum atomic E-state index is 0.104. The molecule has 0 saturated carbocycles. The van der Waals surface area contributed by atoms with Crippen molar-refractivity contribution in [1.29, 1.82) is 0 Å². The molecule has 4 rings (SSSR count). The van der Waals surface area contributed by atoms with E-state index in [1.807, 2.05) is 23.1 Å². The summed E-state index contributed by atoms with van der Waals surface area (Å²) < 4.78 is 0. The zero-order valence-corrected chi connectivity index (χ0v) is 16.4. The summed E-state index contributed by atoms with van der Waals surface area (Å²) in [6, 6.07) is 18.8. The molecule has 4 nitrogen and oxygen atoms in total. The molecule has 1 aliphatic heterocycles. The Morgan fingerprint density at radius 3 is 2.50 bits per heavy atom. The molecule has 1 fully saturated rings. The topological polar surface area (TPSA) is 39.3 Å². The van der Waals surface area contributed by atoms with Gasteiger partial charge in [0.1, 0.15) is 0 Å². The summed E-state index contributed by atoms with van der Waals surface area (Å²) >= 11 is 0. The number of aromatic amines is 1. The lowest BCUT2D eigenvalue weighted by atomic mass is 10.1. The Bertz CT molecular complexity index is 966. The molecular weight excluding hydrogens is 346 g/mol. The van der Waals surface area contributed by atoms with Gasteiger partial charge in [0.15, 0.2) is 0 Å². The van der Waals surface area contributed by atoms with Crippen molar-refractivity contribution < 1.29 is 4.79 Å². The van der Waals surface area contributed by atoms with Gasteiger partial charge < -0.3 is 9.88 Å². The first-order chi connectivity index (χ1) is 13.7. The number of aromatic nitrogens is 1. The van der Waals surface area contributed by atoms with Gasteiger partial charge in [0, 0.05) is 61.0 Å². The SMILES string of the molecule is Cc1[nH]c2ccccc2c1/C=C/C(=O)N1CCN(CCc2ccccc2)CC1. The number of nitrogens with one attached hydrogen (secondary N) is 1. The molecule has 0 aliphatic carbocycles. The summed E-state index contributed by atoms with van der Waals surface area (Å²) in [5.41, 5.74) is 4.68. The summed E-state index contributed by atoms with van der Waals surface area (Å²) in [5.74, 6) is 0.104. The van der Waals surface area contributed by atoms with E-state index in [4.69, 9.17) is 0 Å². The quantitative estimate of drug-likeness (QED) is 0.690. The minimum absolute atomic E-state index is 0.104. The molecule has 0 radical (unpaired) electrons. The van der Waals surface area contributed by atoms with Crippen molar-refractivity contribution in [2.45, 2.75) is 13.3 Å². The smallest absolute Gasteiger partial charge is 0.246 e. The first-order valence-corrected chi connectivity index (χ1v) is 10.0. The monoisotopic (exact) mass is 373 g/mol. The fourth-order valence-electron chi connectivity index (χ4n) is 3.90. The minimum Gasteiger partial charge on any atom is -0.358 e. The van der Waals surface area contributed by atoms with E-state index >= 15 is 0 Å². The van der Waals surface area contributed by atoms with Gasteiger partial charge in [-0.15, -0.1) is 0 Å². The number of H-pyrrole nitrogens is 1. The zero-order valence-electron chi connectivity index (χ0n) is 16.4. The van der Waals surface area contributed by atoms with Crippen LogP contribution in [0.25, 0.3) is 17.0 Å². The molecule has 2 heterocycles. The molecule has 0 atom stereocenters. The average Bonchev–Trinajstić information content (AvgIpc) is 3.06. The normalized spacial score (nSPS) is 15.5. The molecular formula is C24H27N3O. The highest BCUT2D eigenvalue weighted by Crippen LogP contribution is 2.23. The molecule has 1 aromatic heterocycles. The average molecular weight is 374 g/mol. The fraction of sp³-hybridized carbons (Fsp3) is 0.292. The van der Waals surface area contributed by atoms with Crippen molar-refractivity contribution in [2.75, 3.05) is 32.7 Å². The number of amides is 1. The standard InChI is InChI=1S/C24H27N3O/c1-19-21(22-9-5-6-10-23(22)25-19)11-12-24(28)27-17-15-26(16-18-27)14-13-20-7-3-2-4-8-20/h2-12,25H,13-18H2,1H3/b12-11+. The molecule has 1 N–H and O–H groups in total. The molecule has 144 valence electrons. The van der Waals surface area contributed by atoms with Crippen LogP contribution < -0.4 is 0 Å². The summed E-state index contributed by atoms with van der Waals surface area (Å²) in [5, 5.41) is 1.16. The van der Waals surface area contributed by atoms with Crippen molar-refractivity contribution in [2.24, 2.45) is 0 Å². The molecule has 1 saturated heterocycles. The van der Waals surface area contributed by atoms with Crippen molar-refractivity contribution in [3.8, 4) is 0 Å². The van der Waals surface area contributed by atoms with E-state index in [9.17, 15) is 4.79 Å². The number of hydrogen-bond acceptors (Lipinski definition) is 2. The molecule has 2 aromatic carbocycles. The van der Waals surface area contributed by atoms with E-state index in [0.29, 0.717) is 0 Å². The molecule has 0 unspecified atom stereocenters. The molecule has 4 heteroatoms. The van der Waals surface area contributed by atoms with Crippen LogP contribution >= 0.6 is 0 Å². The van der Waals surface area contributed by atoms with Crippen LogP contribution in [0.2, 0.25) is 0 Å². The number of carbonyl (C=O) groups excluding carboxylic acids is 1. The van der Waals surface area contributed by atoms with E-state index < -0.39 is 0 Å². The van der Waals surface area contributed by atoms with Crippen LogP contribution in [-0.4, -0.2) is 53.4 Å². The molecule has 1 amide bonds. The van der Waals surface area contributed by atoms with Crippen LogP contribution in [0, 0.1) is 6.92 Å². The first-order valence-electron chi connectivity index (χ1n) is 10.0. The Labute approximate surface area is 166 Å². The third-order valence-corrected chi connectivity index (χ3v) is 5.58. The molecule has 0 bridgehead atoms. The Balaban J connectivity index is 1.31. The third kappa shape index (κ3) is 4.18. The predicted octanol–water partition coefficient (Wildman–Crippen LogP) is 3.88. The number of para-hydroxylation sites is 1. The summed E-state index contributed by atoms with van der Waals surface area (Å²) in [6.45, 7) is 6.58. The van der Waals surface area contributed by atoms with Gasteiger partial charge >= 0.3 is 0 Å². The number of nitrogens with zero attached hydrogens (tertiary/aromatic N) is 2. The van der Waals surface area contributed by atoms with Gasteiger partial charge in [-0.1, -0.05) is 48.5 Å². The number of fused-ring (bicyclic) bond motifs is 1. The van der Waals surface area contributed by atoms with Crippen molar-refractivity contribution >= 4 is 22.9 Å².